The lowest BCUT2D eigenvalue weighted by atomic mass is 10.0. The van der Waals surface area contributed by atoms with Crippen LogP contribution in [-0.4, -0.2) is 29.2 Å². The number of primary amides is 1. The Bertz CT molecular complexity index is 891. The number of carbonyl (C=O) groups is 2. The number of phenolic OH excluding ortho intramolecular Hbond substituents is 1. The summed E-state index contributed by atoms with van der Waals surface area (Å²) in [5.74, 6) is -0.665. The Morgan fingerprint density at radius 2 is 1.85 bits per heavy atom. The molecule has 0 atom stereocenters. The largest absolute Gasteiger partial charge is 0.507 e. The number of Topliss-reactive ketones (excluding diaryl/α,β-unsaturated/α-hetero) is 1. The van der Waals surface area contributed by atoms with Crippen LogP contribution in [0, 0.1) is 5.41 Å². The van der Waals surface area contributed by atoms with E-state index in [0.29, 0.717) is 28.9 Å². The molecule has 0 bridgehead atoms. The molecule has 2 aromatic carbocycles. The molecule has 27 heavy (non-hydrogen) atoms. The van der Waals surface area contributed by atoms with E-state index in [1.165, 1.54) is 6.07 Å². The van der Waals surface area contributed by atoms with Crippen LogP contribution in [0.4, 0.5) is 5.69 Å². The Morgan fingerprint density at radius 1 is 1.11 bits per heavy atom. The van der Waals surface area contributed by atoms with Crippen molar-refractivity contribution in [3.8, 4) is 5.75 Å². The molecular weight excluding hydrogens is 344 g/mol. The number of hydrogen-bond acceptors (Lipinski definition) is 5. The van der Waals surface area contributed by atoms with Gasteiger partial charge >= 0.3 is 0 Å². The fraction of sp³-hybridized carbons (Fsp3) is 0.150. The van der Waals surface area contributed by atoms with Gasteiger partial charge in [-0.1, -0.05) is 24.3 Å². The lowest BCUT2D eigenvalue weighted by Gasteiger charge is -2.09. The highest BCUT2D eigenvalue weighted by Gasteiger charge is 2.11. The third kappa shape index (κ3) is 5.71. The van der Waals surface area contributed by atoms with E-state index in [-0.39, 0.29) is 30.2 Å². The third-order valence-corrected chi connectivity index (χ3v) is 3.87. The van der Waals surface area contributed by atoms with Crippen LogP contribution in [-0.2, 0) is 4.79 Å². The number of carbonyl (C=O) groups excluding carboxylic acids is 2. The molecule has 0 spiro atoms. The van der Waals surface area contributed by atoms with Crippen molar-refractivity contribution in [1.29, 1.82) is 5.41 Å². The monoisotopic (exact) mass is 366 g/mol. The third-order valence-electron chi connectivity index (χ3n) is 3.87. The molecule has 0 aliphatic heterocycles. The summed E-state index contributed by atoms with van der Waals surface area (Å²) in [6, 6.07) is 11.7. The minimum atomic E-state index is -0.510. The number of amides is 1. The molecule has 140 valence electrons. The van der Waals surface area contributed by atoms with Crippen molar-refractivity contribution >= 4 is 29.3 Å². The summed E-state index contributed by atoms with van der Waals surface area (Å²) in [6.45, 7) is 0.407. The Balaban J connectivity index is 2.04. The summed E-state index contributed by atoms with van der Waals surface area (Å²) in [7, 11) is 0. The van der Waals surface area contributed by atoms with Gasteiger partial charge < -0.3 is 21.9 Å². The predicted octanol–water partition coefficient (Wildman–Crippen LogP) is 2.25. The highest BCUT2D eigenvalue weighted by atomic mass is 16.3. The molecule has 0 aliphatic carbocycles. The highest BCUT2D eigenvalue weighted by molar-refractivity contribution is 6.02. The van der Waals surface area contributed by atoms with Crippen molar-refractivity contribution in [1.82, 2.24) is 0 Å². The van der Waals surface area contributed by atoms with E-state index in [9.17, 15) is 14.7 Å². The number of nitrogen functional groups attached to an aromatic ring is 1. The maximum atomic E-state index is 12.2. The quantitative estimate of drug-likeness (QED) is 0.263. The van der Waals surface area contributed by atoms with Crippen LogP contribution < -0.4 is 16.8 Å². The van der Waals surface area contributed by atoms with Gasteiger partial charge in [-0.2, -0.15) is 0 Å². The zero-order valence-corrected chi connectivity index (χ0v) is 14.7. The number of rotatable bonds is 9. The van der Waals surface area contributed by atoms with Crippen LogP contribution in [0.5, 0.6) is 5.75 Å². The Hall–Kier alpha value is -3.61. The second kappa shape index (κ2) is 9.19. The molecule has 0 saturated carbocycles. The minimum Gasteiger partial charge on any atom is -0.507 e. The fourth-order valence-electron chi connectivity index (χ4n) is 2.46. The molecule has 0 unspecified atom stereocenters. The van der Waals surface area contributed by atoms with Crippen LogP contribution in [0.3, 0.4) is 0 Å². The molecule has 1 amide bonds. The number of nitrogens with one attached hydrogen (secondary N) is 2. The van der Waals surface area contributed by atoms with Crippen LogP contribution in [0.15, 0.2) is 48.5 Å². The number of anilines is 1. The molecule has 2 rings (SSSR count). The first-order chi connectivity index (χ1) is 12.9. The summed E-state index contributed by atoms with van der Waals surface area (Å²) in [4.78, 5) is 23.1. The van der Waals surface area contributed by atoms with E-state index in [0.717, 1.165) is 0 Å². The van der Waals surface area contributed by atoms with E-state index >= 15 is 0 Å². The zero-order valence-electron chi connectivity index (χ0n) is 14.7. The lowest BCUT2D eigenvalue weighted by molar-refractivity contribution is -0.118. The summed E-state index contributed by atoms with van der Waals surface area (Å²) < 4.78 is 0. The van der Waals surface area contributed by atoms with E-state index in [4.69, 9.17) is 16.9 Å². The van der Waals surface area contributed by atoms with Crippen LogP contribution in [0.25, 0.3) is 6.08 Å². The van der Waals surface area contributed by atoms with E-state index in [1.807, 2.05) is 0 Å². The average Bonchev–Trinajstić information content (AvgIpc) is 2.64. The first-order valence-corrected chi connectivity index (χ1v) is 8.37. The Morgan fingerprint density at radius 3 is 2.56 bits per heavy atom. The van der Waals surface area contributed by atoms with Crippen LogP contribution in [0.2, 0.25) is 0 Å². The molecule has 0 fully saturated rings. The smallest absolute Gasteiger partial charge is 0.217 e. The number of hydrogen-bond donors (Lipinski definition) is 5. The summed E-state index contributed by atoms with van der Waals surface area (Å²) in [6.07, 6.45) is 3.56. The van der Waals surface area contributed by atoms with Gasteiger partial charge in [0.1, 0.15) is 11.6 Å². The molecule has 0 saturated heterocycles. The van der Waals surface area contributed by atoms with Gasteiger partial charge in [0.15, 0.2) is 5.78 Å². The van der Waals surface area contributed by atoms with Gasteiger partial charge in [0.05, 0.1) is 0 Å². The van der Waals surface area contributed by atoms with Crippen molar-refractivity contribution in [3.63, 3.8) is 0 Å². The minimum absolute atomic E-state index is 0.0127. The zero-order chi connectivity index (χ0) is 19.8. The molecule has 0 aliphatic rings. The average molecular weight is 366 g/mol. The second-order valence-corrected chi connectivity index (χ2v) is 5.91. The maximum absolute atomic E-state index is 12.2. The van der Waals surface area contributed by atoms with E-state index < -0.39 is 5.91 Å². The molecule has 0 aromatic heterocycles. The number of aromatic hydroxyl groups is 1. The Kier molecular flexibility index (Phi) is 6.71. The topological polar surface area (TPSA) is 142 Å². The van der Waals surface area contributed by atoms with E-state index in [2.05, 4.69) is 5.32 Å². The van der Waals surface area contributed by atoms with Gasteiger partial charge in [-0.05, 0) is 30.3 Å². The van der Waals surface area contributed by atoms with Gasteiger partial charge in [0, 0.05) is 41.8 Å². The molecule has 0 heterocycles. The normalized spacial score (nSPS) is 10.7. The number of phenols is 1. The van der Waals surface area contributed by atoms with Crippen molar-refractivity contribution in [3.05, 3.63) is 65.2 Å². The van der Waals surface area contributed by atoms with Crippen molar-refractivity contribution in [2.75, 3.05) is 11.9 Å². The van der Waals surface area contributed by atoms with Gasteiger partial charge in [0.25, 0.3) is 0 Å². The van der Waals surface area contributed by atoms with Crippen molar-refractivity contribution in [2.45, 2.75) is 12.8 Å². The van der Waals surface area contributed by atoms with Gasteiger partial charge in [-0.25, -0.2) is 0 Å². The molecule has 0 radical (unpaired) electrons. The summed E-state index contributed by atoms with van der Waals surface area (Å²) in [5, 5.41) is 20.5. The number of para-hydroxylation sites is 1. The maximum Gasteiger partial charge on any atom is 0.217 e. The SMILES string of the molecule is N=C(N)c1ccc(O)c(C=CCNc2ccccc2C(=O)CCC(N)=O)c1. The molecule has 7 N–H and O–H groups in total. The second-order valence-electron chi connectivity index (χ2n) is 5.91. The predicted molar refractivity (Wildman–Crippen MR) is 106 cm³/mol. The summed E-state index contributed by atoms with van der Waals surface area (Å²) >= 11 is 0. The number of nitrogens with two attached hydrogens (primary N) is 2. The van der Waals surface area contributed by atoms with Crippen LogP contribution >= 0.6 is 0 Å². The van der Waals surface area contributed by atoms with Crippen molar-refractivity contribution in [2.24, 2.45) is 11.5 Å². The first-order valence-electron chi connectivity index (χ1n) is 8.37. The highest BCUT2D eigenvalue weighted by Crippen LogP contribution is 2.20. The van der Waals surface area contributed by atoms with Gasteiger partial charge in [0.2, 0.25) is 5.91 Å². The summed E-state index contributed by atoms with van der Waals surface area (Å²) in [5.41, 5.74) is 12.8. The van der Waals surface area contributed by atoms with Crippen LogP contribution in [0.1, 0.15) is 34.3 Å². The Labute approximate surface area is 157 Å². The number of ketones is 1. The van der Waals surface area contributed by atoms with Crippen molar-refractivity contribution < 1.29 is 14.7 Å². The molecule has 2 aromatic rings. The standard InChI is InChI=1S/C20H22N4O3/c21-19(27)10-9-18(26)15-5-1-2-6-16(15)24-11-3-4-13-12-14(20(22)23)7-8-17(13)25/h1-8,12,24-25H,9-11H2,(H2,21,27)(H3,22,23). The first kappa shape index (κ1) is 19.7. The number of benzene rings is 2. The van der Waals surface area contributed by atoms with Gasteiger partial charge in [-0.15, -0.1) is 0 Å². The molecular formula is C20H22N4O3. The van der Waals surface area contributed by atoms with E-state index in [1.54, 1.807) is 48.6 Å². The molecule has 7 nitrogen and oxygen atoms in total. The number of amidine groups is 1. The lowest BCUT2D eigenvalue weighted by Crippen LogP contribution is -2.13. The fourth-order valence-corrected chi connectivity index (χ4v) is 2.46. The van der Waals surface area contributed by atoms with Gasteiger partial charge in [-0.3, -0.25) is 15.0 Å². The molecule has 7 heteroatoms.